The van der Waals surface area contributed by atoms with E-state index in [-0.39, 0.29) is 29.6 Å². The second-order valence-corrected chi connectivity index (χ2v) is 20.2. The molecule has 17 heavy (non-hydrogen) atoms. The maximum Gasteiger partial charge on any atom is 1.00 e. The fourth-order valence-electron chi connectivity index (χ4n) is 1.44. The molecule has 0 bridgehead atoms. The Hall–Kier alpha value is 0.669. The molecule has 0 aromatic heterocycles. The second-order valence-electron chi connectivity index (χ2n) is 4.64. The Morgan fingerprint density at radius 2 is 1.65 bits per heavy atom. The fourth-order valence-corrected chi connectivity index (χ4v) is 9.43. The van der Waals surface area contributed by atoms with E-state index < -0.39 is 28.5 Å². The topological polar surface area (TPSA) is 57.2 Å². The minimum atomic E-state index is -4.31. The molecule has 0 unspecified atom stereocenters. The number of hydrogen-bond donors (Lipinski definition) is 0. The van der Waals surface area contributed by atoms with Crippen LogP contribution in [-0.4, -0.2) is 31.3 Å². The van der Waals surface area contributed by atoms with Gasteiger partial charge in [0.2, 0.25) is 0 Å². The first-order valence-electron chi connectivity index (χ1n) is 4.94. The van der Waals surface area contributed by atoms with Gasteiger partial charge in [-0.3, -0.25) is 0 Å². The molecule has 0 N–H and O–H groups in total. The number of rotatable bonds is 3. The number of hydrogen-bond acceptors (Lipinski definition) is 3. The zero-order valence-electron chi connectivity index (χ0n) is 10.6. The van der Waals surface area contributed by atoms with Crippen molar-refractivity contribution in [3.05, 3.63) is 41.3 Å². The number of benzene rings is 1. The van der Waals surface area contributed by atoms with Crippen molar-refractivity contribution in [2.75, 3.05) is 0 Å². The van der Waals surface area contributed by atoms with Crippen LogP contribution in [0.4, 0.5) is 0 Å². The Morgan fingerprint density at radius 1 is 1.18 bits per heavy atom. The van der Waals surface area contributed by atoms with E-state index >= 15 is 0 Å². The molecule has 1 aromatic rings. The third-order valence-corrected chi connectivity index (χ3v) is 9.12. The molecule has 0 spiro atoms. The maximum atomic E-state index is 10.9. The van der Waals surface area contributed by atoms with E-state index in [1.807, 2.05) is 30.3 Å². The Labute approximate surface area is 129 Å². The molecular formula is C11H15NaO3SSn. The first-order valence-corrected chi connectivity index (χ1v) is 16.4. The van der Waals surface area contributed by atoms with Crippen LogP contribution in [0.2, 0.25) is 14.8 Å². The summed E-state index contributed by atoms with van der Waals surface area (Å²) in [6.07, 6.45) is 0. The van der Waals surface area contributed by atoms with E-state index in [9.17, 15) is 13.0 Å². The van der Waals surface area contributed by atoms with Gasteiger partial charge in [0.1, 0.15) is 0 Å². The predicted octanol–water partition coefficient (Wildman–Crippen LogP) is -0.546. The summed E-state index contributed by atoms with van der Waals surface area (Å²) < 4.78 is 33.3. The largest absolute Gasteiger partial charge is 1.00 e. The Kier molecular flexibility index (Phi) is 6.99. The van der Waals surface area contributed by atoms with Crippen LogP contribution in [0.3, 0.4) is 0 Å². The summed E-state index contributed by atoms with van der Waals surface area (Å²) in [7, 11) is -4.31. The molecule has 0 saturated heterocycles. The average molecular weight is 369 g/mol. The predicted molar refractivity (Wildman–Crippen MR) is 67.5 cm³/mol. The summed E-state index contributed by atoms with van der Waals surface area (Å²) in [5, 5.41) is 0.901. The maximum absolute atomic E-state index is 10.9. The van der Waals surface area contributed by atoms with Crippen molar-refractivity contribution in [2.24, 2.45) is 0 Å². The normalized spacial score (nSPS) is 13.1. The van der Waals surface area contributed by atoms with Crippen molar-refractivity contribution in [3.63, 3.8) is 0 Å². The second kappa shape index (κ2) is 6.72. The zero-order valence-corrected chi connectivity index (χ0v) is 16.3. The van der Waals surface area contributed by atoms with Crippen molar-refractivity contribution < 1.29 is 42.5 Å². The third-order valence-electron chi connectivity index (χ3n) is 2.15. The smallest absolute Gasteiger partial charge is 1.00 e. The van der Waals surface area contributed by atoms with Crippen molar-refractivity contribution in [1.82, 2.24) is 0 Å². The molecular weight excluding hydrogens is 354 g/mol. The van der Waals surface area contributed by atoms with Gasteiger partial charge in [0.15, 0.2) is 0 Å². The van der Waals surface area contributed by atoms with Crippen molar-refractivity contribution in [1.29, 1.82) is 0 Å². The summed E-state index contributed by atoms with van der Waals surface area (Å²) in [5.74, 6) is 0. The molecule has 0 radical (unpaired) electrons. The Balaban J connectivity index is 0.00000256. The average Bonchev–Trinajstić information content (AvgIpc) is 2.13. The van der Waals surface area contributed by atoms with E-state index in [0.717, 1.165) is 14.6 Å². The zero-order chi connectivity index (χ0) is 12.4. The van der Waals surface area contributed by atoms with Gasteiger partial charge < -0.3 is 0 Å². The summed E-state index contributed by atoms with van der Waals surface area (Å²) in [5.41, 5.74) is 0.852. The van der Waals surface area contributed by atoms with Crippen molar-refractivity contribution in [2.45, 2.75) is 14.8 Å². The Morgan fingerprint density at radius 3 is 2.00 bits per heavy atom. The summed E-state index contributed by atoms with van der Waals surface area (Å²) in [4.78, 5) is 6.25. The molecule has 88 valence electrons. The molecule has 6 heteroatoms. The van der Waals surface area contributed by atoms with Crippen LogP contribution in [0.5, 0.6) is 0 Å². The molecule has 0 atom stereocenters. The van der Waals surface area contributed by atoms with Gasteiger partial charge in [0, 0.05) is 0 Å². The molecule has 0 aliphatic rings. The van der Waals surface area contributed by atoms with Gasteiger partial charge in [0.25, 0.3) is 0 Å². The van der Waals surface area contributed by atoms with Crippen molar-refractivity contribution >= 4 is 32.1 Å². The quantitative estimate of drug-likeness (QED) is 0.531. The Bertz CT molecular complexity index is 489. The van der Waals surface area contributed by atoms with Gasteiger partial charge in [-0.25, -0.2) is 0 Å². The minimum Gasteiger partial charge on any atom is 1.00 e. The van der Waals surface area contributed by atoms with Crippen LogP contribution in [-0.2, 0) is 10.1 Å². The van der Waals surface area contributed by atoms with E-state index in [0.29, 0.717) is 0 Å². The molecule has 0 fully saturated rings. The molecule has 1 rings (SSSR count). The molecule has 0 heterocycles. The van der Waals surface area contributed by atoms with Gasteiger partial charge in [-0.2, -0.15) is 0 Å². The van der Waals surface area contributed by atoms with Crippen molar-refractivity contribution in [3.8, 4) is 0 Å². The van der Waals surface area contributed by atoms with E-state index in [1.54, 1.807) is 0 Å². The molecule has 3 nitrogen and oxygen atoms in total. The van der Waals surface area contributed by atoms with Gasteiger partial charge in [0.05, 0.1) is 0 Å². The molecule has 0 aliphatic carbocycles. The molecule has 0 saturated carbocycles. The van der Waals surface area contributed by atoms with E-state index in [2.05, 4.69) is 14.8 Å². The monoisotopic (exact) mass is 370 g/mol. The van der Waals surface area contributed by atoms with Crippen LogP contribution in [0, 0.1) is 0 Å². The van der Waals surface area contributed by atoms with E-state index in [1.165, 1.54) is 0 Å². The summed E-state index contributed by atoms with van der Waals surface area (Å²) >= 11 is -2.61. The fraction of sp³-hybridized carbons (Fsp3) is 0.273. The van der Waals surface area contributed by atoms with Gasteiger partial charge in [-0.15, -0.1) is 0 Å². The third kappa shape index (κ3) is 6.40. The van der Waals surface area contributed by atoms with E-state index in [4.69, 9.17) is 0 Å². The van der Waals surface area contributed by atoms with Crippen LogP contribution >= 0.6 is 0 Å². The SMILES string of the molecule is [CH3][Sn]([CH3])([CH3])/[C](=C\S(=O)(=O)[O-])c1ccccc1.[Na+]. The molecule has 0 aliphatic heterocycles. The van der Waals surface area contributed by atoms with Crippen LogP contribution < -0.4 is 29.6 Å². The standard InChI is InChI=1S/C8H7O3S.3CH3.Na.Sn/c9-12(10,11)7-6-8-4-2-1-3-5-8;;;;;/h1-5,7H,(H,9,10,11);3*1H3;;/q;;;;+1;/p-1. The van der Waals surface area contributed by atoms with Gasteiger partial charge >= 0.3 is 131 Å². The first-order chi connectivity index (χ1) is 7.20. The van der Waals surface area contributed by atoms with Gasteiger partial charge in [-0.1, -0.05) is 0 Å². The first kappa shape index (κ1) is 17.7. The van der Waals surface area contributed by atoms with Gasteiger partial charge in [-0.05, 0) is 0 Å². The minimum absolute atomic E-state index is 0. The van der Waals surface area contributed by atoms with Crippen LogP contribution in [0.25, 0.3) is 3.59 Å². The van der Waals surface area contributed by atoms with Crippen LogP contribution in [0.15, 0.2) is 35.7 Å². The molecule has 0 amide bonds. The summed E-state index contributed by atoms with van der Waals surface area (Å²) in [6, 6.07) is 9.25. The molecule has 1 aromatic carbocycles. The summed E-state index contributed by atoms with van der Waals surface area (Å²) in [6.45, 7) is 0. The van der Waals surface area contributed by atoms with Crippen LogP contribution in [0.1, 0.15) is 5.56 Å².